The Hall–Kier alpha value is -3.03. The summed E-state index contributed by atoms with van der Waals surface area (Å²) in [5.74, 6) is 0.411. The number of rotatable bonds is 8. The van der Waals surface area contributed by atoms with E-state index in [0.29, 0.717) is 38.2 Å². The van der Waals surface area contributed by atoms with E-state index in [1.54, 1.807) is 44.4 Å². The van der Waals surface area contributed by atoms with Gasteiger partial charge < -0.3 is 19.5 Å². The van der Waals surface area contributed by atoms with Crippen molar-refractivity contribution >= 4 is 39.8 Å². The Morgan fingerprint density at radius 2 is 1.81 bits per heavy atom. The minimum Gasteiger partial charge on any atom is -0.497 e. The van der Waals surface area contributed by atoms with Crippen LogP contribution in [0.25, 0.3) is 11.1 Å². The first-order valence-corrected chi connectivity index (χ1v) is 10.8. The molecule has 0 bridgehead atoms. The van der Waals surface area contributed by atoms with Gasteiger partial charge in [0, 0.05) is 27.6 Å². The van der Waals surface area contributed by atoms with Crippen LogP contribution in [0.1, 0.15) is 22.8 Å². The zero-order valence-electron chi connectivity index (χ0n) is 17.4. The monoisotopic (exact) mass is 459 g/mol. The smallest absolute Gasteiger partial charge is 0.341 e. The summed E-state index contributed by atoms with van der Waals surface area (Å²) in [6.45, 7) is 1.96. The van der Waals surface area contributed by atoms with Gasteiger partial charge in [-0.15, -0.1) is 11.3 Å². The van der Waals surface area contributed by atoms with Crippen molar-refractivity contribution in [2.75, 3.05) is 26.1 Å². The fraction of sp³-hybridized carbons (Fsp3) is 0.217. The van der Waals surface area contributed by atoms with Crippen LogP contribution < -0.4 is 14.8 Å². The molecule has 1 N–H and O–H groups in total. The number of ether oxygens (including phenoxy) is 3. The number of nitrogens with one attached hydrogen (secondary N) is 1. The lowest BCUT2D eigenvalue weighted by atomic mass is 10.0. The molecule has 1 heterocycles. The van der Waals surface area contributed by atoms with Crippen molar-refractivity contribution in [2.24, 2.45) is 0 Å². The average molecular weight is 460 g/mol. The first kappa shape index (κ1) is 22.7. The van der Waals surface area contributed by atoms with Crippen molar-refractivity contribution in [1.82, 2.24) is 0 Å². The maximum Gasteiger partial charge on any atom is 0.341 e. The van der Waals surface area contributed by atoms with Crippen LogP contribution in [0.15, 0.2) is 47.8 Å². The number of hydrogen-bond donors (Lipinski definition) is 1. The molecule has 162 valence electrons. The Morgan fingerprint density at radius 1 is 1.06 bits per heavy atom. The van der Waals surface area contributed by atoms with Crippen molar-refractivity contribution in [3.8, 4) is 22.6 Å². The number of methoxy groups -OCH3 is 2. The van der Waals surface area contributed by atoms with Gasteiger partial charge in [-0.05, 0) is 30.7 Å². The van der Waals surface area contributed by atoms with Crippen LogP contribution in [0.4, 0.5) is 5.00 Å². The van der Waals surface area contributed by atoms with Crippen molar-refractivity contribution in [3.63, 3.8) is 0 Å². The van der Waals surface area contributed by atoms with E-state index in [2.05, 4.69) is 5.32 Å². The molecule has 1 aromatic heterocycles. The lowest BCUT2D eigenvalue weighted by Crippen LogP contribution is -2.17. The van der Waals surface area contributed by atoms with Crippen molar-refractivity contribution in [3.05, 3.63) is 64.0 Å². The summed E-state index contributed by atoms with van der Waals surface area (Å²) in [6, 6.07) is 12.4. The van der Waals surface area contributed by atoms with Crippen molar-refractivity contribution in [2.45, 2.75) is 13.3 Å². The van der Waals surface area contributed by atoms with Gasteiger partial charge in [0.2, 0.25) is 5.91 Å². The summed E-state index contributed by atoms with van der Waals surface area (Å²) in [5, 5.41) is 5.69. The van der Waals surface area contributed by atoms with E-state index in [-0.39, 0.29) is 18.9 Å². The fourth-order valence-corrected chi connectivity index (χ4v) is 4.14. The second-order valence-corrected chi connectivity index (χ2v) is 7.80. The molecule has 0 aliphatic carbocycles. The third-order valence-corrected chi connectivity index (χ3v) is 5.67. The number of thiophene rings is 1. The summed E-state index contributed by atoms with van der Waals surface area (Å²) in [5.41, 5.74) is 2.51. The van der Waals surface area contributed by atoms with E-state index in [1.807, 2.05) is 17.5 Å². The highest BCUT2D eigenvalue weighted by molar-refractivity contribution is 7.15. The van der Waals surface area contributed by atoms with Gasteiger partial charge in [-0.1, -0.05) is 29.8 Å². The van der Waals surface area contributed by atoms with E-state index < -0.39 is 5.97 Å². The van der Waals surface area contributed by atoms with Gasteiger partial charge in [0.15, 0.2) is 0 Å². The summed E-state index contributed by atoms with van der Waals surface area (Å²) < 4.78 is 15.8. The van der Waals surface area contributed by atoms with E-state index in [0.717, 1.165) is 5.56 Å². The maximum absolute atomic E-state index is 12.8. The molecule has 2 aromatic carbocycles. The second kappa shape index (κ2) is 10.3. The van der Waals surface area contributed by atoms with Gasteiger partial charge in [-0.2, -0.15) is 0 Å². The van der Waals surface area contributed by atoms with Crippen LogP contribution in [-0.2, 0) is 16.0 Å². The molecule has 0 spiro atoms. The SMILES string of the molecule is CCOC(=O)c1c(-c2ccc(Cl)cc2)csc1NC(=O)Cc1ccc(OC)cc1OC. The quantitative estimate of drug-likeness (QED) is 0.454. The first-order chi connectivity index (χ1) is 15.0. The van der Waals surface area contributed by atoms with Crippen LogP contribution in [0, 0.1) is 0 Å². The van der Waals surface area contributed by atoms with Crippen LogP contribution >= 0.6 is 22.9 Å². The van der Waals surface area contributed by atoms with Crippen LogP contribution in [0.3, 0.4) is 0 Å². The number of benzene rings is 2. The van der Waals surface area contributed by atoms with E-state index in [4.69, 9.17) is 25.8 Å². The third-order valence-electron chi connectivity index (χ3n) is 4.52. The molecule has 0 saturated heterocycles. The van der Waals surface area contributed by atoms with Crippen LogP contribution in [-0.4, -0.2) is 32.7 Å². The van der Waals surface area contributed by atoms with Gasteiger partial charge in [0.1, 0.15) is 22.1 Å². The van der Waals surface area contributed by atoms with Crippen LogP contribution in [0.5, 0.6) is 11.5 Å². The second-order valence-electron chi connectivity index (χ2n) is 6.48. The Labute approximate surface area is 189 Å². The lowest BCUT2D eigenvalue weighted by Gasteiger charge is -2.11. The molecule has 0 atom stereocenters. The minimum absolute atomic E-state index is 0.0730. The van der Waals surface area contributed by atoms with Gasteiger partial charge in [0.05, 0.1) is 27.2 Å². The molecule has 0 radical (unpaired) electrons. The van der Waals surface area contributed by atoms with Gasteiger partial charge in [0.25, 0.3) is 0 Å². The number of anilines is 1. The van der Waals surface area contributed by atoms with Gasteiger partial charge >= 0.3 is 5.97 Å². The molecule has 0 unspecified atom stereocenters. The third kappa shape index (κ3) is 5.37. The number of carbonyl (C=O) groups is 2. The van der Waals surface area contributed by atoms with E-state index in [1.165, 1.54) is 18.4 Å². The largest absolute Gasteiger partial charge is 0.497 e. The highest BCUT2D eigenvalue weighted by Crippen LogP contribution is 2.37. The van der Waals surface area contributed by atoms with Gasteiger partial charge in [-0.3, -0.25) is 4.79 Å². The summed E-state index contributed by atoms with van der Waals surface area (Å²) in [4.78, 5) is 25.4. The van der Waals surface area contributed by atoms with Gasteiger partial charge in [-0.25, -0.2) is 4.79 Å². The predicted octanol–water partition coefficient (Wildman–Crippen LogP) is 5.44. The lowest BCUT2D eigenvalue weighted by molar-refractivity contribution is -0.115. The first-order valence-electron chi connectivity index (χ1n) is 9.52. The summed E-state index contributed by atoms with van der Waals surface area (Å²) in [7, 11) is 3.10. The fourth-order valence-electron chi connectivity index (χ4n) is 3.04. The Morgan fingerprint density at radius 3 is 2.45 bits per heavy atom. The Balaban J connectivity index is 1.88. The molecular formula is C23H22ClNO5S. The number of hydrogen-bond acceptors (Lipinski definition) is 6. The minimum atomic E-state index is -0.494. The molecule has 8 heteroatoms. The number of halogens is 1. The number of amides is 1. The molecule has 6 nitrogen and oxygen atoms in total. The highest BCUT2D eigenvalue weighted by atomic mass is 35.5. The molecule has 0 fully saturated rings. The average Bonchev–Trinajstić information content (AvgIpc) is 3.18. The molecule has 3 aromatic rings. The maximum atomic E-state index is 12.8. The van der Waals surface area contributed by atoms with Crippen molar-refractivity contribution in [1.29, 1.82) is 0 Å². The normalized spacial score (nSPS) is 10.5. The van der Waals surface area contributed by atoms with E-state index in [9.17, 15) is 9.59 Å². The zero-order chi connectivity index (χ0) is 22.4. The topological polar surface area (TPSA) is 73.9 Å². The molecule has 3 rings (SSSR count). The zero-order valence-corrected chi connectivity index (χ0v) is 18.9. The molecular weight excluding hydrogens is 438 g/mol. The molecule has 31 heavy (non-hydrogen) atoms. The number of carbonyl (C=O) groups excluding carboxylic acids is 2. The summed E-state index contributed by atoms with van der Waals surface area (Å²) in [6.07, 6.45) is 0.0730. The molecule has 0 saturated carbocycles. The van der Waals surface area contributed by atoms with E-state index >= 15 is 0 Å². The molecule has 0 aliphatic rings. The summed E-state index contributed by atoms with van der Waals surface area (Å²) >= 11 is 7.25. The number of esters is 1. The standard InChI is InChI=1S/C23H22ClNO5S/c1-4-30-23(27)21-18(14-5-8-16(24)9-6-14)13-31-22(21)25-20(26)11-15-7-10-17(28-2)12-19(15)29-3/h5-10,12-13H,4,11H2,1-3H3,(H,25,26). The Bertz CT molecular complexity index is 1080. The highest BCUT2D eigenvalue weighted by Gasteiger charge is 2.23. The van der Waals surface area contributed by atoms with Crippen LogP contribution in [0.2, 0.25) is 5.02 Å². The predicted molar refractivity (Wildman–Crippen MR) is 123 cm³/mol. The Kier molecular flexibility index (Phi) is 7.55. The molecule has 0 aliphatic heterocycles. The van der Waals surface area contributed by atoms with Crippen molar-refractivity contribution < 1.29 is 23.8 Å². The molecule has 1 amide bonds.